The quantitative estimate of drug-likeness (QED) is 0.480. The van der Waals surface area contributed by atoms with Crippen LogP contribution in [0.4, 0.5) is 0 Å². The second kappa shape index (κ2) is 7.87. The van der Waals surface area contributed by atoms with Crippen molar-refractivity contribution in [1.29, 1.82) is 0 Å². The van der Waals surface area contributed by atoms with Gasteiger partial charge in [-0.1, -0.05) is 30.3 Å². The number of methoxy groups -OCH3 is 2. The van der Waals surface area contributed by atoms with E-state index in [1.807, 2.05) is 0 Å². The highest BCUT2D eigenvalue weighted by Crippen LogP contribution is 2.10. The molecule has 0 radical (unpaired) electrons. The molecule has 122 valence electrons. The van der Waals surface area contributed by atoms with Gasteiger partial charge in [-0.05, 0) is 35.9 Å². The monoisotopic (exact) mass is 324 g/mol. The first kappa shape index (κ1) is 17.1. The van der Waals surface area contributed by atoms with Gasteiger partial charge in [-0.2, -0.15) is 0 Å². The Morgan fingerprint density at radius 1 is 0.708 bits per heavy atom. The van der Waals surface area contributed by atoms with Crippen molar-refractivity contribution < 1.29 is 23.9 Å². The Morgan fingerprint density at radius 2 is 1.12 bits per heavy atom. The van der Waals surface area contributed by atoms with E-state index in [1.54, 1.807) is 42.5 Å². The minimum atomic E-state index is -0.449. The molecular weight excluding hydrogens is 308 g/mol. The molecule has 24 heavy (non-hydrogen) atoms. The highest BCUT2D eigenvalue weighted by atomic mass is 16.5. The Labute approximate surface area is 139 Å². The topological polar surface area (TPSA) is 69.7 Å². The summed E-state index contributed by atoms with van der Waals surface area (Å²) in [6.07, 6.45) is 3.08. The second-order valence-corrected chi connectivity index (χ2v) is 4.88. The van der Waals surface area contributed by atoms with Crippen LogP contribution in [0.2, 0.25) is 0 Å². The average molecular weight is 324 g/mol. The minimum Gasteiger partial charge on any atom is -0.465 e. The van der Waals surface area contributed by atoms with Gasteiger partial charge in [-0.25, -0.2) is 9.59 Å². The van der Waals surface area contributed by atoms with E-state index in [4.69, 9.17) is 0 Å². The summed E-state index contributed by atoms with van der Waals surface area (Å²) in [5.41, 5.74) is 2.07. The molecule has 0 saturated heterocycles. The van der Waals surface area contributed by atoms with E-state index in [9.17, 15) is 14.4 Å². The van der Waals surface area contributed by atoms with Gasteiger partial charge in [0.25, 0.3) is 0 Å². The van der Waals surface area contributed by atoms with Gasteiger partial charge >= 0.3 is 11.9 Å². The number of rotatable bonds is 5. The number of hydrogen-bond donors (Lipinski definition) is 0. The Balaban J connectivity index is 2.07. The van der Waals surface area contributed by atoms with Crippen molar-refractivity contribution in [1.82, 2.24) is 0 Å². The molecule has 0 atom stereocenters. The van der Waals surface area contributed by atoms with Crippen LogP contribution in [-0.4, -0.2) is 31.9 Å². The van der Waals surface area contributed by atoms with Crippen molar-refractivity contribution in [3.05, 3.63) is 76.9 Å². The van der Waals surface area contributed by atoms with Crippen LogP contribution in [0.3, 0.4) is 0 Å². The van der Waals surface area contributed by atoms with Crippen LogP contribution in [0.25, 0.3) is 6.08 Å². The third-order valence-corrected chi connectivity index (χ3v) is 3.35. The third kappa shape index (κ3) is 4.16. The lowest BCUT2D eigenvalue weighted by molar-refractivity contribution is 0.0592. The van der Waals surface area contributed by atoms with Crippen LogP contribution in [0.1, 0.15) is 36.6 Å². The fraction of sp³-hybridized carbons (Fsp3) is 0.105. The maximum atomic E-state index is 12.1. The van der Waals surface area contributed by atoms with Crippen molar-refractivity contribution in [2.24, 2.45) is 0 Å². The van der Waals surface area contributed by atoms with Crippen LogP contribution < -0.4 is 0 Å². The molecule has 0 aliphatic carbocycles. The Kier molecular flexibility index (Phi) is 5.63. The molecule has 0 aromatic heterocycles. The Hall–Kier alpha value is -3.21. The molecule has 2 rings (SSSR count). The minimum absolute atomic E-state index is 0.191. The van der Waals surface area contributed by atoms with Gasteiger partial charge in [0.2, 0.25) is 0 Å². The van der Waals surface area contributed by atoms with Crippen LogP contribution in [0, 0.1) is 0 Å². The van der Waals surface area contributed by atoms with Crippen molar-refractivity contribution in [2.75, 3.05) is 14.2 Å². The van der Waals surface area contributed by atoms with Gasteiger partial charge in [0, 0.05) is 5.56 Å². The molecule has 0 fully saturated rings. The van der Waals surface area contributed by atoms with E-state index in [0.717, 1.165) is 5.56 Å². The maximum Gasteiger partial charge on any atom is 0.337 e. The van der Waals surface area contributed by atoms with Crippen molar-refractivity contribution in [3.63, 3.8) is 0 Å². The molecule has 0 saturated carbocycles. The van der Waals surface area contributed by atoms with Gasteiger partial charge in [0.05, 0.1) is 25.3 Å². The largest absolute Gasteiger partial charge is 0.465 e. The maximum absolute atomic E-state index is 12.1. The molecule has 0 heterocycles. The normalized spacial score (nSPS) is 10.4. The van der Waals surface area contributed by atoms with E-state index in [2.05, 4.69) is 9.47 Å². The molecule has 0 unspecified atom stereocenters. The van der Waals surface area contributed by atoms with E-state index in [0.29, 0.717) is 16.7 Å². The number of ether oxygens (including phenoxy) is 2. The standard InChI is InChI=1S/C19H16O5/c1-23-18(21)15-6-3-13(4-7-15)5-12-17(20)14-8-10-16(11-9-14)19(22)24-2/h3-12H,1-2H3. The molecule has 0 amide bonds. The summed E-state index contributed by atoms with van der Waals surface area (Å²) in [7, 11) is 2.62. The molecular formula is C19H16O5. The highest BCUT2D eigenvalue weighted by molar-refractivity contribution is 6.07. The highest BCUT2D eigenvalue weighted by Gasteiger charge is 2.07. The summed E-state index contributed by atoms with van der Waals surface area (Å²) in [5, 5.41) is 0. The third-order valence-electron chi connectivity index (χ3n) is 3.35. The summed E-state index contributed by atoms with van der Waals surface area (Å²) in [4.78, 5) is 34.8. The van der Waals surface area contributed by atoms with Crippen LogP contribution in [0.15, 0.2) is 54.6 Å². The Morgan fingerprint density at radius 3 is 1.58 bits per heavy atom. The summed E-state index contributed by atoms with van der Waals surface area (Å²) in [5.74, 6) is -1.05. The SMILES string of the molecule is COC(=O)c1ccc(C=CC(=O)c2ccc(C(=O)OC)cc2)cc1. The summed E-state index contributed by atoms with van der Waals surface area (Å²) < 4.78 is 9.23. The zero-order chi connectivity index (χ0) is 17.5. The first-order valence-corrected chi connectivity index (χ1v) is 7.14. The van der Waals surface area contributed by atoms with Crippen molar-refractivity contribution in [2.45, 2.75) is 0 Å². The van der Waals surface area contributed by atoms with Crippen LogP contribution in [-0.2, 0) is 9.47 Å². The van der Waals surface area contributed by atoms with E-state index < -0.39 is 11.9 Å². The lowest BCUT2D eigenvalue weighted by atomic mass is 10.1. The molecule has 0 aliphatic rings. The lowest BCUT2D eigenvalue weighted by Crippen LogP contribution is -2.02. The average Bonchev–Trinajstić information content (AvgIpc) is 2.65. The van der Waals surface area contributed by atoms with Gasteiger partial charge < -0.3 is 9.47 Å². The predicted molar refractivity (Wildman–Crippen MR) is 88.9 cm³/mol. The van der Waals surface area contributed by atoms with Crippen molar-refractivity contribution >= 4 is 23.8 Å². The number of ketones is 1. The molecule has 0 spiro atoms. The first-order chi connectivity index (χ1) is 11.5. The van der Waals surface area contributed by atoms with E-state index in [-0.39, 0.29) is 5.78 Å². The van der Waals surface area contributed by atoms with Crippen LogP contribution in [0.5, 0.6) is 0 Å². The second-order valence-electron chi connectivity index (χ2n) is 4.88. The van der Waals surface area contributed by atoms with E-state index >= 15 is 0 Å². The summed E-state index contributed by atoms with van der Waals surface area (Å²) >= 11 is 0. The number of esters is 2. The first-order valence-electron chi connectivity index (χ1n) is 7.14. The summed E-state index contributed by atoms with van der Waals surface area (Å²) in [6, 6.07) is 12.9. The lowest BCUT2D eigenvalue weighted by Gasteiger charge is -2.01. The molecule has 2 aromatic carbocycles. The zero-order valence-corrected chi connectivity index (χ0v) is 13.3. The molecule has 5 heteroatoms. The smallest absolute Gasteiger partial charge is 0.337 e. The van der Waals surface area contributed by atoms with E-state index in [1.165, 1.54) is 32.4 Å². The van der Waals surface area contributed by atoms with Gasteiger partial charge in [-0.3, -0.25) is 4.79 Å². The molecule has 0 aliphatic heterocycles. The number of benzene rings is 2. The fourth-order valence-electron chi connectivity index (χ4n) is 2.00. The predicted octanol–water partition coefficient (Wildman–Crippen LogP) is 3.16. The summed E-state index contributed by atoms with van der Waals surface area (Å²) in [6.45, 7) is 0. The van der Waals surface area contributed by atoms with Gasteiger partial charge in [-0.15, -0.1) is 0 Å². The molecule has 0 N–H and O–H groups in total. The van der Waals surface area contributed by atoms with Gasteiger partial charge in [0.1, 0.15) is 0 Å². The zero-order valence-electron chi connectivity index (χ0n) is 13.3. The number of carbonyl (C=O) groups is 3. The van der Waals surface area contributed by atoms with Gasteiger partial charge in [0.15, 0.2) is 5.78 Å². The number of carbonyl (C=O) groups excluding carboxylic acids is 3. The van der Waals surface area contributed by atoms with Crippen LogP contribution >= 0.6 is 0 Å². The van der Waals surface area contributed by atoms with Crippen molar-refractivity contribution in [3.8, 4) is 0 Å². The number of allylic oxidation sites excluding steroid dienone is 1. The molecule has 2 aromatic rings. The Bertz CT molecular complexity index is 770. The number of hydrogen-bond acceptors (Lipinski definition) is 5. The fourth-order valence-corrected chi connectivity index (χ4v) is 2.00. The molecule has 5 nitrogen and oxygen atoms in total. The molecule has 0 bridgehead atoms.